The van der Waals surface area contributed by atoms with Crippen LogP contribution >= 0.6 is 15.9 Å². The standard InChI is InChI=1S/C12H16BrNO2/c1-14(2)8-11(15)12(16)10-5-3-4-9(6-10)7-13/h3-6,11,15H,7-8H2,1-2H3. The Morgan fingerprint density at radius 3 is 2.75 bits per heavy atom. The third-order valence-electron chi connectivity index (χ3n) is 2.21. The zero-order valence-electron chi connectivity index (χ0n) is 9.48. The molecular formula is C12H16BrNO2. The number of Topliss-reactive ketones (excluding diaryl/α,β-unsaturated/α-hetero) is 1. The monoisotopic (exact) mass is 285 g/mol. The molecule has 0 aliphatic heterocycles. The number of nitrogens with zero attached hydrogens (tertiary/aromatic N) is 1. The average Bonchev–Trinajstić information content (AvgIpc) is 2.27. The van der Waals surface area contributed by atoms with Crippen molar-refractivity contribution in [3.8, 4) is 0 Å². The van der Waals surface area contributed by atoms with Gasteiger partial charge in [-0.3, -0.25) is 4.79 Å². The van der Waals surface area contributed by atoms with Gasteiger partial charge in [0.25, 0.3) is 0 Å². The smallest absolute Gasteiger partial charge is 0.192 e. The summed E-state index contributed by atoms with van der Waals surface area (Å²) in [5.74, 6) is -0.225. The highest BCUT2D eigenvalue weighted by atomic mass is 79.9. The molecule has 0 amide bonds. The summed E-state index contributed by atoms with van der Waals surface area (Å²) in [6.45, 7) is 0.345. The largest absolute Gasteiger partial charge is 0.384 e. The van der Waals surface area contributed by atoms with Crippen molar-refractivity contribution in [2.45, 2.75) is 11.4 Å². The number of rotatable bonds is 5. The second kappa shape index (κ2) is 6.13. The molecule has 4 heteroatoms. The van der Waals surface area contributed by atoms with Crippen LogP contribution in [0.5, 0.6) is 0 Å². The summed E-state index contributed by atoms with van der Waals surface area (Å²) < 4.78 is 0. The van der Waals surface area contributed by atoms with Crippen molar-refractivity contribution >= 4 is 21.7 Å². The molecule has 0 spiro atoms. The van der Waals surface area contributed by atoms with E-state index < -0.39 is 6.10 Å². The number of carbonyl (C=O) groups excluding carboxylic acids is 1. The minimum Gasteiger partial charge on any atom is -0.384 e. The number of hydrogen-bond acceptors (Lipinski definition) is 3. The molecular weight excluding hydrogens is 270 g/mol. The molecule has 0 aliphatic rings. The van der Waals surface area contributed by atoms with Crippen LogP contribution in [0, 0.1) is 0 Å². The van der Waals surface area contributed by atoms with Gasteiger partial charge in [-0.05, 0) is 25.7 Å². The van der Waals surface area contributed by atoms with Gasteiger partial charge in [0.1, 0.15) is 6.10 Å². The Balaban J connectivity index is 2.79. The van der Waals surface area contributed by atoms with Gasteiger partial charge in [0.2, 0.25) is 0 Å². The molecule has 1 N–H and O–H groups in total. The van der Waals surface area contributed by atoms with E-state index in [-0.39, 0.29) is 5.78 Å². The SMILES string of the molecule is CN(C)CC(O)C(=O)c1cccc(CBr)c1. The van der Waals surface area contributed by atoms with Gasteiger partial charge in [-0.15, -0.1) is 0 Å². The number of benzene rings is 1. The number of aliphatic hydroxyl groups excluding tert-OH is 1. The van der Waals surface area contributed by atoms with E-state index in [4.69, 9.17) is 0 Å². The molecule has 0 aliphatic carbocycles. The lowest BCUT2D eigenvalue weighted by atomic mass is 10.0. The van der Waals surface area contributed by atoms with Gasteiger partial charge in [-0.1, -0.05) is 34.1 Å². The van der Waals surface area contributed by atoms with Crippen LogP contribution in [0.15, 0.2) is 24.3 Å². The van der Waals surface area contributed by atoms with Crippen LogP contribution in [0.2, 0.25) is 0 Å². The Kier molecular flexibility index (Phi) is 5.12. The molecule has 0 saturated carbocycles. The Bertz CT molecular complexity index is 366. The molecule has 1 aromatic rings. The third-order valence-corrected chi connectivity index (χ3v) is 2.85. The predicted molar refractivity (Wildman–Crippen MR) is 68.0 cm³/mol. The number of hydrogen-bond donors (Lipinski definition) is 1. The Morgan fingerprint density at radius 1 is 1.50 bits per heavy atom. The number of carbonyl (C=O) groups is 1. The number of halogens is 1. The highest BCUT2D eigenvalue weighted by Gasteiger charge is 2.17. The molecule has 16 heavy (non-hydrogen) atoms. The van der Waals surface area contributed by atoms with Crippen LogP contribution in [0.4, 0.5) is 0 Å². The maximum absolute atomic E-state index is 11.9. The second-order valence-corrected chi connectivity index (χ2v) is 4.54. The molecule has 0 heterocycles. The third kappa shape index (κ3) is 3.70. The number of ketones is 1. The molecule has 3 nitrogen and oxygen atoms in total. The van der Waals surface area contributed by atoms with Crippen molar-refractivity contribution in [2.24, 2.45) is 0 Å². The zero-order valence-corrected chi connectivity index (χ0v) is 11.1. The first-order valence-corrected chi connectivity index (χ1v) is 6.18. The minimum absolute atomic E-state index is 0.225. The first-order chi connectivity index (χ1) is 7.54. The van der Waals surface area contributed by atoms with Gasteiger partial charge in [0, 0.05) is 17.4 Å². The summed E-state index contributed by atoms with van der Waals surface area (Å²) in [6.07, 6.45) is -0.958. The van der Waals surface area contributed by atoms with Crippen LogP contribution in [-0.2, 0) is 5.33 Å². The van der Waals surface area contributed by atoms with E-state index in [0.29, 0.717) is 17.4 Å². The maximum Gasteiger partial charge on any atom is 0.192 e. The topological polar surface area (TPSA) is 40.5 Å². The lowest BCUT2D eigenvalue weighted by molar-refractivity contribution is 0.0689. The van der Waals surface area contributed by atoms with Crippen LogP contribution < -0.4 is 0 Å². The van der Waals surface area contributed by atoms with Gasteiger partial charge in [-0.2, -0.15) is 0 Å². The van der Waals surface area contributed by atoms with Gasteiger partial charge in [0.15, 0.2) is 5.78 Å². The molecule has 0 aromatic heterocycles. The number of likely N-dealkylation sites (N-methyl/N-ethyl adjacent to an activating group) is 1. The zero-order chi connectivity index (χ0) is 12.1. The lowest BCUT2D eigenvalue weighted by Gasteiger charge is -2.15. The van der Waals surface area contributed by atoms with Crippen molar-refractivity contribution < 1.29 is 9.90 Å². The summed E-state index contributed by atoms with van der Waals surface area (Å²) in [6, 6.07) is 7.29. The summed E-state index contributed by atoms with van der Waals surface area (Å²) >= 11 is 3.34. The van der Waals surface area contributed by atoms with Crippen molar-refractivity contribution in [2.75, 3.05) is 20.6 Å². The number of aliphatic hydroxyl groups is 1. The normalized spacial score (nSPS) is 12.8. The fourth-order valence-electron chi connectivity index (χ4n) is 1.43. The van der Waals surface area contributed by atoms with E-state index in [2.05, 4.69) is 15.9 Å². The predicted octanol–water partition coefficient (Wildman–Crippen LogP) is 1.69. The molecule has 0 radical (unpaired) electrons. The van der Waals surface area contributed by atoms with Crippen molar-refractivity contribution in [3.63, 3.8) is 0 Å². The fraction of sp³-hybridized carbons (Fsp3) is 0.417. The highest BCUT2D eigenvalue weighted by Crippen LogP contribution is 2.11. The second-order valence-electron chi connectivity index (χ2n) is 3.98. The Hall–Kier alpha value is -0.710. The molecule has 0 fully saturated rings. The van der Waals surface area contributed by atoms with E-state index in [1.807, 2.05) is 26.2 Å². The Morgan fingerprint density at radius 2 is 2.19 bits per heavy atom. The van der Waals surface area contributed by atoms with Crippen molar-refractivity contribution in [1.29, 1.82) is 0 Å². The van der Waals surface area contributed by atoms with Gasteiger partial charge in [0.05, 0.1) is 0 Å². The van der Waals surface area contributed by atoms with Gasteiger partial charge in [-0.25, -0.2) is 0 Å². The van der Waals surface area contributed by atoms with Gasteiger partial charge >= 0.3 is 0 Å². The molecule has 0 bridgehead atoms. The fourth-order valence-corrected chi connectivity index (χ4v) is 1.78. The van der Waals surface area contributed by atoms with Gasteiger partial charge < -0.3 is 10.0 Å². The van der Waals surface area contributed by atoms with Crippen molar-refractivity contribution in [1.82, 2.24) is 4.90 Å². The van der Waals surface area contributed by atoms with E-state index in [0.717, 1.165) is 5.56 Å². The summed E-state index contributed by atoms with van der Waals surface area (Å²) in [4.78, 5) is 13.6. The quantitative estimate of drug-likeness (QED) is 0.661. The van der Waals surface area contributed by atoms with E-state index in [9.17, 15) is 9.90 Å². The highest BCUT2D eigenvalue weighted by molar-refractivity contribution is 9.08. The van der Waals surface area contributed by atoms with Crippen LogP contribution in [0.3, 0.4) is 0 Å². The maximum atomic E-state index is 11.9. The Labute approximate surface area is 104 Å². The number of alkyl halides is 1. The molecule has 1 aromatic carbocycles. The first kappa shape index (κ1) is 13.4. The molecule has 88 valence electrons. The van der Waals surface area contributed by atoms with E-state index in [1.165, 1.54) is 0 Å². The lowest BCUT2D eigenvalue weighted by Crippen LogP contribution is -2.32. The van der Waals surface area contributed by atoms with Crippen LogP contribution in [-0.4, -0.2) is 42.5 Å². The van der Waals surface area contributed by atoms with Crippen molar-refractivity contribution in [3.05, 3.63) is 35.4 Å². The summed E-state index contributed by atoms with van der Waals surface area (Å²) in [5.41, 5.74) is 1.59. The average molecular weight is 286 g/mol. The van der Waals surface area contributed by atoms with Crippen LogP contribution in [0.1, 0.15) is 15.9 Å². The van der Waals surface area contributed by atoms with E-state index >= 15 is 0 Å². The molecule has 1 unspecified atom stereocenters. The minimum atomic E-state index is -0.958. The summed E-state index contributed by atoms with van der Waals surface area (Å²) in [7, 11) is 3.65. The molecule has 1 atom stereocenters. The molecule has 0 saturated heterocycles. The molecule has 1 rings (SSSR count). The van der Waals surface area contributed by atoms with E-state index in [1.54, 1.807) is 17.0 Å². The van der Waals surface area contributed by atoms with Crippen LogP contribution in [0.25, 0.3) is 0 Å². The summed E-state index contributed by atoms with van der Waals surface area (Å²) in [5, 5.41) is 10.4. The first-order valence-electron chi connectivity index (χ1n) is 5.06.